The molecule has 1 aromatic rings. The maximum absolute atomic E-state index is 12.3. The SMILES string of the molecule is CC1CC(OC(=O)c2cccc(CCN)c2)CC(C)(C)C1. The van der Waals surface area contributed by atoms with E-state index in [1.54, 1.807) is 0 Å². The lowest BCUT2D eigenvalue weighted by molar-refractivity contribution is -0.00715. The van der Waals surface area contributed by atoms with Crippen molar-refractivity contribution in [1.29, 1.82) is 0 Å². The first-order valence-corrected chi connectivity index (χ1v) is 7.89. The average molecular weight is 289 g/mol. The Hall–Kier alpha value is -1.35. The summed E-state index contributed by atoms with van der Waals surface area (Å²) >= 11 is 0. The molecular weight excluding hydrogens is 262 g/mol. The van der Waals surface area contributed by atoms with Crippen LogP contribution in [0, 0.1) is 11.3 Å². The molecule has 0 heterocycles. The molecule has 2 rings (SSSR count). The van der Waals surface area contributed by atoms with Crippen molar-refractivity contribution in [2.75, 3.05) is 6.54 Å². The van der Waals surface area contributed by atoms with Crippen molar-refractivity contribution in [1.82, 2.24) is 0 Å². The van der Waals surface area contributed by atoms with Gasteiger partial charge in [0.25, 0.3) is 0 Å². The molecule has 0 saturated heterocycles. The Morgan fingerprint density at radius 3 is 2.81 bits per heavy atom. The highest BCUT2D eigenvalue weighted by Crippen LogP contribution is 2.39. The Morgan fingerprint density at radius 2 is 2.14 bits per heavy atom. The number of rotatable bonds is 4. The van der Waals surface area contributed by atoms with E-state index < -0.39 is 0 Å². The molecule has 0 amide bonds. The number of carbonyl (C=O) groups is 1. The molecule has 0 bridgehead atoms. The maximum Gasteiger partial charge on any atom is 0.338 e. The van der Waals surface area contributed by atoms with Gasteiger partial charge in [0.15, 0.2) is 0 Å². The first kappa shape index (κ1) is 16.0. The zero-order valence-electron chi connectivity index (χ0n) is 13.4. The second-order valence-electron chi connectivity index (χ2n) is 7.18. The number of ether oxygens (including phenoxy) is 1. The topological polar surface area (TPSA) is 52.3 Å². The molecule has 0 radical (unpaired) electrons. The van der Waals surface area contributed by atoms with E-state index in [1.807, 2.05) is 24.3 Å². The molecular formula is C18H27NO2. The minimum absolute atomic E-state index is 0.0365. The number of hydrogen-bond acceptors (Lipinski definition) is 3. The molecule has 0 aliphatic heterocycles. The molecule has 1 aliphatic rings. The number of esters is 1. The molecule has 0 spiro atoms. The quantitative estimate of drug-likeness (QED) is 0.862. The van der Waals surface area contributed by atoms with Crippen molar-refractivity contribution in [3.63, 3.8) is 0 Å². The summed E-state index contributed by atoms with van der Waals surface area (Å²) in [5, 5.41) is 0. The molecule has 2 atom stereocenters. The van der Waals surface area contributed by atoms with Gasteiger partial charge in [-0.05, 0) is 61.3 Å². The van der Waals surface area contributed by atoms with Crippen molar-refractivity contribution in [3.8, 4) is 0 Å². The van der Waals surface area contributed by atoms with Crippen LogP contribution in [0.2, 0.25) is 0 Å². The normalized spacial score (nSPS) is 24.6. The lowest BCUT2D eigenvalue weighted by Gasteiger charge is -2.38. The molecule has 1 aliphatic carbocycles. The Labute approximate surface area is 127 Å². The van der Waals surface area contributed by atoms with Crippen LogP contribution in [0.5, 0.6) is 0 Å². The van der Waals surface area contributed by atoms with E-state index in [2.05, 4.69) is 20.8 Å². The summed E-state index contributed by atoms with van der Waals surface area (Å²) in [6.45, 7) is 7.34. The number of benzene rings is 1. The molecule has 2 N–H and O–H groups in total. The van der Waals surface area contributed by atoms with E-state index in [-0.39, 0.29) is 17.5 Å². The van der Waals surface area contributed by atoms with Crippen molar-refractivity contribution in [2.45, 2.75) is 52.6 Å². The summed E-state index contributed by atoms with van der Waals surface area (Å²) in [4.78, 5) is 12.3. The summed E-state index contributed by atoms with van der Waals surface area (Å²) < 4.78 is 5.75. The highest BCUT2D eigenvalue weighted by molar-refractivity contribution is 5.89. The Bertz CT molecular complexity index is 496. The Morgan fingerprint density at radius 1 is 1.38 bits per heavy atom. The number of hydrogen-bond donors (Lipinski definition) is 1. The molecule has 0 aromatic heterocycles. The highest BCUT2D eigenvalue weighted by Gasteiger charge is 2.34. The fraction of sp³-hybridized carbons (Fsp3) is 0.611. The smallest absolute Gasteiger partial charge is 0.338 e. The van der Waals surface area contributed by atoms with Crippen LogP contribution >= 0.6 is 0 Å². The number of carbonyl (C=O) groups excluding carboxylic acids is 1. The monoisotopic (exact) mass is 289 g/mol. The number of nitrogens with two attached hydrogens (primary N) is 1. The average Bonchev–Trinajstić information content (AvgIpc) is 2.37. The van der Waals surface area contributed by atoms with Gasteiger partial charge in [0.1, 0.15) is 6.10 Å². The molecule has 3 heteroatoms. The van der Waals surface area contributed by atoms with Crippen LogP contribution in [-0.2, 0) is 11.2 Å². The summed E-state index contributed by atoms with van der Waals surface area (Å²) in [7, 11) is 0. The van der Waals surface area contributed by atoms with Gasteiger partial charge in [0.05, 0.1) is 5.56 Å². The predicted octanol–water partition coefficient (Wildman–Crippen LogP) is 3.56. The fourth-order valence-electron chi connectivity index (χ4n) is 3.59. The van der Waals surface area contributed by atoms with E-state index in [0.717, 1.165) is 24.8 Å². The predicted molar refractivity (Wildman–Crippen MR) is 85.2 cm³/mol. The molecule has 116 valence electrons. The van der Waals surface area contributed by atoms with E-state index in [9.17, 15) is 4.79 Å². The van der Waals surface area contributed by atoms with Gasteiger partial charge in [-0.3, -0.25) is 0 Å². The van der Waals surface area contributed by atoms with Crippen molar-refractivity contribution in [2.24, 2.45) is 17.1 Å². The second kappa shape index (κ2) is 6.61. The van der Waals surface area contributed by atoms with E-state index in [0.29, 0.717) is 18.0 Å². The minimum atomic E-state index is -0.205. The van der Waals surface area contributed by atoms with Gasteiger partial charge in [-0.25, -0.2) is 4.79 Å². The lowest BCUT2D eigenvalue weighted by atomic mass is 9.71. The molecule has 1 saturated carbocycles. The van der Waals surface area contributed by atoms with E-state index in [4.69, 9.17) is 10.5 Å². The largest absolute Gasteiger partial charge is 0.459 e. The third-order valence-corrected chi connectivity index (χ3v) is 4.22. The zero-order chi connectivity index (χ0) is 15.5. The van der Waals surface area contributed by atoms with Crippen LogP contribution in [-0.4, -0.2) is 18.6 Å². The highest BCUT2D eigenvalue weighted by atomic mass is 16.5. The van der Waals surface area contributed by atoms with Crippen molar-refractivity contribution in [3.05, 3.63) is 35.4 Å². The minimum Gasteiger partial charge on any atom is -0.459 e. The van der Waals surface area contributed by atoms with Crippen molar-refractivity contribution >= 4 is 5.97 Å². The fourth-order valence-corrected chi connectivity index (χ4v) is 3.59. The first-order chi connectivity index (χ1) is 9.89. The van der Waals surface area contributed by atoms with E-state index >= 15 is 0 Å². The standard InChI is InChI=1S/C18H27NO2/c1-13-9-16(12-18(2,3)11-13)21-17(20)15-6-4-5-14(10-15)7-8-19/h4-6,10,13,16H,7-9,11-12,19H2,1-3H3. The second-order valence-corrected chi connectivity index (χ2v) is 7.18. The van der Waals surface area contributed by atoms with Gasteiger partial charge in [-0.2, -0.15) is 0 Å². The Kier molecular flexibility index (Phi) is 5.04. The van der Waals surface area contributed by atoms with Gasteiger partial charge in [-0.15, -0.1) is 0 Å². The van der Waals surface area contributed by atoms with Crippen molar-refractivity contribution < 1.29 is 9.53 Å². The maximum atomic E-state index is 12.3. The summed E-state index contributed by atoms with van der Waals surface area (Å²) in [5.41, 5.74) is 7.54. The van der Waals surface area contributed by atoms with E-state index in [1.165, 1.54) is 6.42 Å². The molecule has 1 fully saturated rings. The summed E-state index contributed by atoms with van der Waals surface area (Å²) in [5.74, 6) is 0.402. The van der Waals surface area contributed by atoms with Gasteiger partial charge < -0.3 is 10.5 Å². The first-order valence-electron chi connectivity index (χ1n) is 7.89. The third kappa shape index (κ3) is 4.57. The van der Waals surface area contributed by atoms with Crippen LogP contribution in [0.1, 0.15) is 56.0 Å². The van der Waals surface area contributed by atoms with Crippen LogP contribution < -0.4 is 5.73 Å². The summed E-state index contributed by atoms with van der Waals surface area (Å²) in [6.07, 6.45) is 3.94. The molecule has 3 nitrogen and oxygen atoms in total. The lowest BCUT2D eigenvalue weighted by Crippen LogP contribution is -2.34. The van der Waals surface area contributed by atoms with Gasteiger partial charge in [0, 0.05) is 0 Å². The molecule has 2 unspecified atom stereocenters. The summed E-state index contributed by atoms with van der Waals surface area (Å²) in [6, 6.07) is 7.61. The van der Waals surface area contributed by atoms with Crippen LogP contribution in [0.4, 0.5) is 0 Å². The van der Waals surface area contributed by atoms with Crippen LogP contribution in [0.3, 0.4) is 0 Å². The Balaban J connectivity index is 2.02. The van der Waals surface area contributed by atoms with Gasteiger partial charge in [0.2, 0.25) is 0 Å². The van der Waals surface area contributed by atoms with Gasteiger partial charge in [-0.1, -0.05) is 32.9 Å². The molecule has 1 aromatic carbocycles. The molecule has 21 heavy (non-hydrogen) atoms. The van der Waals surface area contributed by atoms with Crippen LogP contribution in [0.25, 0.3) is 0 Å². The third-order valence-electron chi connectivity index (χ3n) is 4.22. The zero-order valence-corrected chi connectivity index (χ0v) is 13.4. The van der Waals surface area contributed by atoms with Gasteiger partial charge >= 0.3 is 5.97 Å². The van der Waals surface area contributed by atoms with Crippen LogP contribution in [0.15, 0.2) is 24.3 Å².